The first-order valence-electron chi connectivity index (χ1n) is 13.3. The van der Waals surface area contributed by atoms with Crippen LogP contribution in [0.1, 0.15) is 40.8 Å². The van der Waals surface area contributed by atoms with Crippen LogP contribution in [0.25, 0.3) is 27.3 Å². The fourth-order valence-electron chi connectivity index (χ4n) is 4.74. The van der Waals surface area contributed by atoms with Crippen molar-refractivity contribution in [3.8, 4) is 27.4 Å². The zero-order chi connectivity index (χ0) is 30.2. The number of alkyl halides is 3. The number of aromatic nitrogens is 4. The molecule has 220 valence electrons. The second-order valence-electron chi connectivity index (χ2n) is 10.6. The number of imidazole rings is 1. The number of primary amides is 1. The molecule has 5 rings (SSSR count). The summed E-state index contributed by atoms with van der Waals surface area (Å²) in [6.07, 6.45) is 1.84. The van der Waals surface area contributed by atoms with Gasteiger partial charge in [-0.2, -0.15) is 18.3 Å². The van der Waals surface area contributed by atoms with Crippen LogP contribution in [0.2, 0.25) is 0 Å². The maximum Gasteiger partial charge on any atom is 0.416 e. The number of ether oxygens (including phenoxy) is 1. The van der Waals surface area contributed by atoms with Crippen molar-refractivity contribution in [2.45, 2.75) is 32.7 Å². The maximum absolute atomic E-state index is 13.8. The summed E-state index contributed by atoms with van der Waals surface area (Å²) in [6.45, 7) is 5.18. The van der Waals surface area contributed by atoms with Gasteiger partial charge in [0.1, 0.15) is 22.4 Å². The van der Waals surface area contributed by atoms with Crippen LogP contribution in [-0.4, -0.2) is 50.6 Å². The van der Waals surface area contributed by atoms with Crippen LogP contribution in [0.5, 0.6) is 5.75 Å². The summed E-state index contributed by atoms with van der Waals surface area (Å²) in [7, 11) is 4.03. The van der Waals surface area contributed by atoms with Crippen LogP contribution >= 0.6 is 11.3 Å². The second kappa shape index (κ2) is 11.6. The fraction of sp³-hybridized carbons (Fsp3) is 0.300. The van der Waals surface area contributed by atoms with Gasteiger partial charge in [0, 0.05) is 36.1 Å². The highest BCUT2D eigenvalue weighted by Gasteiger charge is 2.37. The summed E-state index contributed by atoms with van der Waals surface area (Å²) in [6, 6.07) is 10.9. The van der Waals surface area contributed by atoms with Crippen molar-refractivity contribution in [2.75, 3.05) is 20.6 Å². The van der Waals surface area contributed by atoms with E-state index in [4.69, 9.17) is 10.5 Å². The van der Waals surface area contributed by atoms with E-state index in [0.717, 1.165) is 41.6 Å². The van der Waals surface area contributed by atoms with Gasteiger partial charge in [0.2, 0.25) is 0 Å². The minimum Gasteiger partial charge on any atom is -0.484 e. The average molecular weight is 597 g/mol. The number of amides is 1. The number of halogens is 3. The first-order chi connectivity index (χ1) is 19.9. The largest absolute Gasteiger partial charge is 0.484 e. The Kier molecular flexibility index (Phi) is 8.11. The number of fused-ring (bicyclic) bond motifs is 1. The molecule has 4 heterocycles. The molecule has 5 aromatic rings. The Balaban J connectivity index is 1.47. The highest BCUT2D eigenvalue weighted by molar-refractivity contribution is 7.17. The third-order valence-electron chi connectivity index (χ3n) is 6.86. The van der Waals surface area contributed by atoms with Gasteiger partial charge in [0.25, 0.3) is 5.91 Å². The van der Waals surface area contributed by atoms with E-state index in [-0.39, 0.29) is 22.1 Å². The Morgan fingerprint density at radius 2 is 1.88 bits per heavy atom. The molecule has 1 aromatic carbocycles. The van der Waals surface area contributed by atoms with E-state index in [0.29, 0.717) is 16.2 Å². The highest BCUT2D eigenvalue weighted by atomic mass is 32.1. The molecule has 42 heavy (non-hydrogen) atoms. The molecule has 8 nitrogen and oxygen atoms in total. The molecule has 1 atom stereocenters. The van der Waals surface area contributed by atoms with E-state index in [1.807, 2.05) is 53.9 Å². The van der Waals surface area contributed by atoms with Gasteiger partial charge in [-0.25, -0.2) is 4.98 Å². The van der Waals surface area contributed by atoms with Gasteiger partial charge < -0.3 is 15.4 Å². The molecule has 0 aliphatic rings. The number of nitrogens with two attached hydrogens (primary N) is 1. The molecule has 0 saturated heterocycles. The first-order valence-corrected chi connectivity index (χ1v) is 14.2. The van der Waals surface area contributed by atoms with E-state index >= 15 is 0 Å². The van der Waals surface area contributed by atoms with E-state index in [1.54, 1.807) is 32.2 Å². The summed E-state index contributed by atoms with van der Waals surface area (Å²) in [5, 5.41) is 4.45. The van der Waals surface area contributed by atoms with Crippen molar-refractivity contribution in [1.82, 2.24) is 24.1 Å². The van der Waals surface area contributed by atoms with Crippen molar-refractivity contribution in [3.05, 3.63) is 83.3 Å². The van der Waals surface area contributed by atoms with E-state index in [1.165, 1.54) is 12.1 Å². The van der Waals surface area contributed by atoms with Crippen LogP contribution in [0.3, 0.4) is 0 Å². The predicted molar refractivity (Wildman–Crippen MR) is 156 cm³/mol. The van der Waals surface area contributed by atoms with Gasteiger partial charge in [-0.3, -0.25) is 13.9 Å². The molecular weight excluding hydrogens is 565 g/mol. The van der Waals surface area contributed by atoms with Crippen molar-refractivity contribution in [2.24, 2.45) is 11.7 Å². The van der Waals surface area contributed by atoms with Gasteiger partial charge in [0.15, 0.2) is 0 Å². The van der Waals surface area contributed by atoms with Crippen molar-refractivity contribution >= 4 is 22.9 Å². The van der Waals surface area contributed by atoms with Gasteiger partial charge in [-0.15, -0.1) is 11.3 Å². The molecule has 4 aromatic heterocycles. The molecule has 0 spiro atoms. The third kappa shape index (κ3) is 6.04. The van der Waals surface area contributed by atoms with Gasteiger partial charge in [0.05, 0.1) is 35.1 Å². The molecule has 0 radical (unpaired) electrons. The minimum atomic E-state index is -4.56. The zero-order valence-corrected chi connectivity index (χ0v) is 24.4. The Labute approximate surface area is 245 Å². The number of rotatable bonds is 10. The lowest BCUT2D eigenvalue weighted by Gasteiger charge is -2.26. The first kappa shape index (κ1) is 29.3. The van der Waals surface area contributed by atoms with Gasteiger partial charge in [-0.1, -0.05) is 32.0 Å². The van der Waals surface area contributed by atoms with Crippen molar-refractivity contribution in [1.29, 1.82) is 0 Å². The van der Waals surface area contributed by atoms with Gasteiger partial charge in [-0.05, 0) is 43.8 Å². The molecule has 2 N–H and O–H groups in total. The molecule has 0 aliphatic carbocycles. The Bertz CT molecular complexity index is 1720. The molecule has 0 saturated carbocycles. The number of nitrogens with zero attached hydrogens (tertiary/aromatic N) is 5. The smallest absolute Gasteiger partial charge is 0.416 e. The fourth-order valence-corrected chi connectivity index (χ4v) is 5.69. The quantitative estimate of drug-likeness (QED) is 0.202. The normalized spacial score (nSPS) is 12.9. The van der Waals surface area contributed by atoms with Crippen LogP contribution < -0.4 is 10.5 Å². The lowest BCUT2D eigenvalue weighted by Crippen LogP contribution is -2.20. The number of likely N-dealkylation sites (N-methyl/N-ethyl adjacent to an activating group) is 1. The molecule has 0 fully saturated rings. The Hall–Kier alpha value is -4.16. The molecular formula is C30H31F3N6O2S. The maximum atomic E-state index is 13.8. The van der Waals surface area contributed by atoms with Crippen molar-refractivity contribution < 1.29 is 22.7 Å². The molecule has 12 heteroatoms. The number of thiophene rings is 1. The highest BCUT2D eigenvalue weighted by Crippen LogP contribution is 2.42. The van der Waals surface area contributed by atoms with Gasteiger partial charge >= 0.3 is 6.18 Å². The second-order valence-corrected chi connectivity index (χ2v) is 11.7. The lowest BCUT2D eigenvalue weighted by atomic mass is 9.94. The van der Waals surface area contributed by atoms with Crippen LogP contribution in [-0.2, 0) is 12.7 Å². The van der Waals surface area contributed by atoms with E-state index < -0.39 is 23.8 Å². The zero-order valence-electron chi connectivity index (χ0n) is 23.6. The summed E-state index contributed by atoms with van der Waals surface area (Å²) in [4.78, 5) is 19.8. The van der Waals surface area contributed by atoms with Crippen LogP contribution in [0.4, 0.5) is 13.2 Å². The summed E-state index contributed by atoms with van der Waals surface area (Å²) in [5.41, 5.74) is 8.19. The topological polar surface area (TPSA) is 90.7 Å². The van der Waals surface area contributed by atoms with Crippen LogP contribution in [0, 0.1) is 5.92 Å². The summed E-state index contributed by atoms with van der Waals surface area (Å²) >= 11 is 1.11. The molecule has 0 aliphatic heterocycles. The van der Waals surface area contributed by atoms with Crippen LogP contribution in [0.15, 0.2) is 67.3 Å². The van der Waals surface area contributed by atoms with E-state index in [2.05, 4.69) is 15.0 Å². The number of hydrogen-bond donors (Lipinski definition) is 1. The Morgan fingerprint density at radius 3 is 2.57 bits per heavy atom. The molecule has 0 bridgehead atoms. The minimum absolute atomic E-state index is 0.00413. The monoisotopic (exact) mass is 596 g/mol. The number of carbonyl (C=O) groups excluding carboxylic acids is 1. The summed E-state index contributed by atoms with van der Waals surface area (Å²) < 4.78 is 51.4. The standard InChI is InChI=1S/C30H31F3N6O2S/c1-18(2)27(21-7-5-6-8-22(21)30(31,32)33)41-24-14-25(42-28(24)29(34)40)23-16-35-26-13-19(9-10-39(23)26)20-15-36-38(17-20)12-11-37(3)4/h5-10,13-18,27H,11-12H2,1-4H3,(H2,34,40)/t27-/m1/s1. The number of benzene rings is 1. The summed E-state index contributed by atoms with van der Waals surface area (Å²) in [5.74, 6) is -0.927. The molecule has 1 amide bonds. The number of pyridine rings is 1. The predicted octanol–water partition coefficient (Wildman–Crippen LogP) is 6.38. The van der Waals surface area contributed by atoms with E-state index in [9.17, 15) is 18.0 Å². The third-order valence-corrected chi connectivity index (χ3v) is 8.02. The Morgan fingerprint density at radius 1 is 1.12 bits per heavy atom. The SMILES string of the molecule is CC(C)[C@@H](Oc1cc(-c2cnc3cc(-c4cnn(CCN(C)C)c4)ccn23)sc1C(N)=O)c1ccccc1C(F)(F)F. The number of carbonyl (C=O) groups is 1. The average Bonchev–Trinajstić information content (AvgIpc) is 3.67. The number of hydrogen-bond acceptors (Lipinski definition) is 6. The molecule has 0 unspecified atom stereocenters. The lowest BCUT2D eigenvalue weighted by molar-refractivity contribution is -0.139. The van der Waals surface area contributed by atoms with Crippen molar-refractivity contribution in [3.63, 3.8) is 0 Å².